The van der Waals surface area contributed by atoms with E-state index in [2.05, 4.69) is 31.8 Å². The van der Waals surface area contributed by atoms with Crippen LogP contribution in [0.3, 0.4) is 0 Å². The van der Waals surface area contributed by atoms with Gasteiger partial charge in [-0.1, -0.05) is 44.2 Å². The van der Waals surface area contributed by atoms with Crippen molar-refractivity contribution >= 4 is 18.5 Å². The molecule has 1 aliphatic carbocycles. The van der Waals surface area contributed by atoms with Gasteiger partial charge in [-0.05, 0) is 18.4 Å². The Morgan fingerprint density at radius 2 is 2.10 bits per heavy atom. The topological polar surface area (TPSA) is 38.3 Å². The molecule has 3 atom stereocenters. The van der Waals surface area contributed by atoms with Gasteiger partial charge in [0, 0.05) is 18.6 Å². The van der Waals surface area contributed by atoms with Crippen LogP contribution in [0.15, 0.2) is 30.3 Å². The molecule has 0 aliphatic heterocycles. The van der Waals surface area contributed by atoms with E-state index >= 15 is 0 Å². The Morgan fingerprint density at radius 3 is 2.65 bits per heavy atom. The summed E-state index contributed by atoms with van der Waals surface area (Å²) < 4.78 is 5.40. The maximum atomic E-state index is 12.2. The molecule has 1 amide bonds. The fourth-order valence-electron chi connectivity index (χ4n) is 2.73. The molecule has 20 heavy (non-hydrogen) atoms. The quantitative estimate of drug-likeness (QED) is 0.819. The van der Waals surface area contributed by atoms with E-state index in [1.165, 1.54) is 0 Å². The second kappa shape index (κ2) is 6.19. The van der Waals surface area contributed by atoms with E-state index < -0.39 is 0 Å². The third-order valence-corrected chi connectivity index (χ3v) is 4.77. The highest BCUT2D eigenvalue weighted by molar-refractivity contribution is 7.81. The summed E-state index contributed by atoms with van der Waals surface area (Å²) in [7, 11) is 1.72. The average Bonchev–Trinajstić information content (AvgIpc) is 2.43. The van der Waals surface area contributed by atoms with Crippen molar-refractivity contribution in [3.05, 3.63) is 35.9 Å². The number of hydrogen-bond acceptors (Lipinski definition) is 3. The van der Waals surface area contributed by atoms with Gasteiger partial charge in [0.05, 0.1) is 11.4 Å². The Kier molecular flexibility index (Phi) is 4.76. The summed E-state index contributed by atoms with van der Waals surface area (Å²) in [6, 6.07) is 10.1. The molecule has 2 rings (SSSR count). The lowest BCUT2D eigenvalue weighted by molar-refractivity contribution is -0.132. The lowest BCUT2D eigenvalue weighted by atomic mass is 9.64. The van der Waals surface area contributed by atoms with Crippen LogP contribution in [0, 0.1) is 5.41 Å². The van der Waals surface area contributed by atoms with Gasteiger partial charge in [-0.3, -0.25) is 4.79 Å². The number of thiol groups is 1. The van der Waals surface area contributed by atoms with E-state index in [4.69, 9.17) is 4.74 Å². The number of carbonyl (C=O) groups excluding carboxylic acids is 1. The minimum Gasteiger partial charge on any atom is -0.381 e. The summed E-state index contributed by atoms with van der Waals surface area (Å²) in [6.45, 7) is 4.25. The van der Waals surface area contributed by atoms with Crippen molar-refractivity contribution < 1.29 is 9.53 Å². The summed E-state index contributed by atoms with van der Waals surface area (Å²) in [5.41, 5.74) is 1.12. The normalized spacial score (nSPS) is 25.6. The van der Waals surface area contributed by atoms with Crippen LogP contribution in [-0.4, -0.2) is 30.4 Å². The highest BCUT2D eigenvalue weighted by Gasteiger charge is 2.49. The minimum absolute atomic E-state index is 0.00446. The number of hydrogen-bond donors (Lipinski definition) is 2. The molecule has 1 aliphatic rings. The van der Waals surface area contributed by atoms with Crippen LogP contribution in [0.1, 0.15) is 25.8 Å². The lowest BCUT2D eigenvalue weighted by Gasteiger charge is -2.51. The SMILES string of the molecule is COC1CC(NC(=O)C(S)Cc2ccccc2)C1(C)C. The highest BCUT2D eigenvalue weighted by Crippen LogP contribution is 2.42. The van der Waals surface area contributed by atoms with Gasteiger partial charge in [0.2, 0.25) is 5.91 Å². The zero-order chi connectivity index (χ0) is 14.8. The van der Waals surface area contributed by atoms with Crippen LogP contribution in [0.5, 0.6) is 0 Å². The first-order valence-electron chi connectivity index (χ1n) is 7.00. The molecular formula is C16H23NO2S. The van der Waals surface area contributed by atoms with Gasteiger partial charge >= 0.3 is 0 Å². The second-order valence-corrected chi connectivity index (χ2v) is 6.67. The standard InChI is InChI=1S/C16H23NO2S/c1-16(2)13(10-14(16)19-3)17-15(18)12(20)9-11-7-5-4-6-8-11/h4-8,12-14,20H,9-10H2,1-3H3,(H,17,18). The van der Waals surface area contributed by atoms with Crippen molar-refractivity contribution in [1.29, 1.82) is 0 Å². The van der Waals surface area contributed by atoms with Crippen LogP contribution in [0.2, 0.25) is 0 Å². The number of benzene rings is 1. The van der Waals surface area contributed by atoms with Gasteiger partial charge in [-0.2, -0.15) is 12.6 Å². The zero-order valence-corrected chi connectivity index (χ0v) is 13.2. The van der Waals surface area contributed by atoms with Crippen LogP contribution < -0.4 is 5.32 Å². The molecule has 0 aromatic heterocycles. The zero-order valence-electron chi connectivity index (χ0n) is 12.3. The fraction of sp³-hybridized carbons (Fsp3) is 0.562. The molecule has 1 aromatic carbocycles. The van der Waals surface area contributed by atoms with E-state index in [-0.39, 0.29) is 28.7 Å². The maximum absolute atomic E-state index is 12.2. The van der Waals surface area contributed by atoms with Gasteiger partial charge in [0.1, 0.15) is 0 Å². The van der Waals surface area contributed by atoms with Crippen molar-refractivity contribution in [3.8, 4) is 0 Å². The number of nitrogens with one attached hydrogen (secondary N) is 1. The lowest BCUT2D eigenvalue weighted by Crippen LogP contribution is -2.62. The number of ether oxygens (including phenoxy) is 1. The van der Waals surface area contributed by atoms with Crippen LogP contribution in [0.25, 0.3) is 0 Å². The van der Waals surface area contributed by atoms with Crippen molar-refractivity contribution in [3.63, 3.8) is 0 Å². The van der Waals surface area contributed by atoms with Gasteiger partial charge in [-0.25, -0.2) is 0 Å². The number of methoxy groups -OCH3 is 1. The monoisotopic (exact) mass is 293 g/mol. The molecule has 3 unspecified atom stereocenters. The van der Waals surface area contributed by atoms with Crippen molar-refractivity contribution in [2.75, 3.05) is 7.11 Å². The van der Waals surface area contributed by atoms with Gasteiger partial charge in [0.25, 0.3) is 0 Å². The van der Waals surface area contributed by atoms with E-state index in [1.54, 1.807) is 7.11 Å². The Morgan fingerprint density at radius 1 is 1.45 bits per heavy atom. The van der Waals surface area contributed by atoms with Crippen LogP contribution >= 0.6 is 12.6 Å². The smallest absolute Gasteiger partial charge is 0.233 e. The second-order valence-electron chi connectivity index (χ2n) is 6.05. The van der Waals surface area contributed by atoms with E-state index in [0.29, 0.717) is 6.42 Å². The average molecular weight is 293 g/mol. The molecular weight excluding hydrogens is 270 g/mol. The largest absolute Gasteiger partial charge is 0.381 e. The number of rotatable bonds is 5. The first-order chi connectivity index (χ1) is 9.45. The fourth-order valence-corrected chi connectivity index (χ4v) is 3.01. The van der Waals surface area contributed by atoms with Gasteiger partial charge < -0.3 is 10.1 Å². The third-order valence-electron chi connectivity index (χ3n) is 4.35. The molecule has 1 N–H and O–H groups in total. The van der Waals surface area contributed by atoms with Gasteiger partial charge in [0.15, 0.2) is 0 Å². The number of amides is 1. The molecule has 3 nitrogen and oxygen atoms in total. The highest BCUT2D eigenvalue weighted by atomic mass is 32.1. The molecule has 1 saturated carbocycles. The Hall–Kier alpha value is -1.00. The van der Waals surface area contributed by atoms with Gasteiger partial charge in [-0.15, -0.1) is 0 Å². The molecule has 4 heteroatoms. The summed E-state index contributed by atoms with van der Waals surface area (Å²) >= 11 is 4.43. The van der Waals surface area contributed by atoms with E-state index in [1.807, 2.05) is 30.3 Å². The predicted octanol–water partition coefficient (Wildman–Crippen LogP) is 2.46. The molecule has 0 radical (unpaired) electrons. The summed E-state index contributed by atoms with van der Waals surface area (Å²) in [6.07, 6.45) is 1.75. The molecule has 110 valence electrons. The molecule has 0 bridgehead atoms. The Bertz CT molecular complexity index is 461. The Balaban J connectivity index is 1.86. The molecule has 0 spiro atoms. The third kappa shape index (κ3) is 3.18. The first kappa shape index (κ1) is 15.4. The molecule has 0 saturated heterocycles. The van der Waals surface area contributed by atoms with Crippen molar-refractivity contribution in [2.24, 2.45) is 5.41 Å². The van der Waals surface area contributed by atoms with Crippen molar-refractivity contribution in [2.45, 2.75) is 44.1 Å². The summed E-state index contributed by atoms with van der Waals surface area (Å²) in [5, 5.41) is 2.79. The Labute approximate surface area is 126 Å². The molecule has 1 fully saturated rings. The van der Waals surface area contributed by atoms with E-state index in [0.717, 1.165) is 12.0 Å². The van der Waals surface area contributed by atoms with Crippen LogP contribution in [-0.2, 0) is 16.0 Å². The summed E-state index contributed by atoms with van der Waals surface area (Å²) in [5.74, 6) is 0.00446. The van der Waals surface area contributed by atoms with Crippen molar-refractivity contribution in [1.82, 2.24) is 5.32 Å². The summed E-state index contributed by atoms with van der Waals surface area (Å²) in [4.78, 5) is 12.2. The molecule has 1 aromatic rings. The minimum atomic E-state index is -0.310. The van der Waals surface area contributed by atoms with E-state index in [9.17, 15) is 4.79 Å². The predicted molar refractivity (Wildman–Crippen MR) is 84.0 cm³/mol. The van der Waals surface area contributed by atoms with Crippen LogP contribution in [0.4, 0.5) is 0 Å². The molecule has 0 heterocycles. The first-order valence-corrected chi connectivity index (χ1v) is 7.52. The number of carbonyl (C=O) groups is 1. The maximum Gasteiger partial charge on any atom is 0.233 e.